The molecular weight excluding hydrogens is 259 g/mol. The van der Waals surface area contributed by atoms with Gasteiger partial charge in [-0.25, -0.2) is 6.57 Å². The highest BCUT2D eigenvalue weighted by Crippen LogP contribution is 2.34. The summed E-state index contributed by atoms with van der Waals surface area (Å²) in [5.74, 6) is 0. The van der Waals surface area contributed by atoms with E-state index in [9.17, 15) is 13.2 Å². The van der Waals surface area contributed by atoms with Crippen molar-refractivity contribution in [2.75, 3.05) is 0 Å². The van der Waals surface area contributed by atoms with E-state index in [1.165, 1.54) is 12.1 Å². The minimum atomic E-state index is -4.40. The Bertz CT molecular complexity index is 379. The third kappa shape index (κ3) is 2.48. The van der Waals surface area contributed by atoms with Crippen molar-refractivity contribution in [2.45, 2.75) is 12.7 Å². The molecule has 0 amide bonds. The molecule has 0 aliphatic carbocycles. The number of nitrogens with zero attached hydrogens (tertiary/aromatic N) is 1. The smallest absolute Gasteiger partial charge is 0.312 e. The second kappa shape index (κ2) is 4.01. The molecule has 0 bridgehead atoms. The molecule has 0 unspecified atom stereocenters. The summed E-state index contributed by atoms with van der Waals surface area (Å²) in [6.45, 7) is 6.29. The monoisotopic (exact) mass is 263 g/mol. The molecule has 0 aliphatic heterocycles. The molecule has 0 spiro atoms. The van der Waals surface area contributed by atoms with Crippen LogP contribution < -0.4 is 0 Å². The zero-order valence-corrected chi connectivity index (χ0v) is 8.48. The van der Waals surface area contributed by atoms with Crippen LogP contribution in [0.25, 0.3) is 4.85 Å². The van der Waals surface area contributed by atoms with Gasteiger partial charge in [-0.15, -0.1) is 0 Å². The van der Waals surface area contributed by atoms with E-state index in [1.807, 2.05) is 0 Å². The first kappa shape index (κ1) is 11.1. The van der Waals surface area contributed by atoms with Gasteiger partial charge in [0.05, 0.1) is 5.56 Å². The van der Waals surface area contributed by atoms with E-state index in [2.05, 4.69) is 20.8 Å². The first-order chi connectivity index (χ1) is 6.45. The summed E-state index contributed by atoms with van der Waals surface area (Å²) in [7, 11) is 0. The Morgan fingerprint density at radius 3 is 2.50 bits per heavy atom. The van der Waals surface area contributed by atoms with E-state index in [1.54, 1.807) is 0 Å². The molecule has 1 aromatic rings. The van der Waals surface area contributed by atoms with Crippen LogP contribution in [0.1, 0.15) is 11.1 Å². The van der Waals surface area contributed by atoms with Gasteiger partial charge in [0.25, 0.3) is 0 Å². The van der Waals surface area contributed by atoms with E-state index in [0.29, 0.717) is 4.47 Å². The van der Waals surface area contributed by atoms with Crippen LogP contribution >= 0.6 is 15.9 Å². The standard InChI is InChI=1S/C9H5BrF3N/c1-14-5-6-2-3-7(10)4-8(6)9(11,12)13/h2-4H,5H2. The van der Waals surface area contributed by atoms with Crippen LogP contribution in [0.15, 0.2) is 22.7 Å². The normalized spacial score (nSPS) is 11.1. The molecule has 0 saturated carbocycles. The topological polar surface area (TPSA) is 4.36 Å². The van der Waals surface area contributed by atoms with E-state index >= 15 is 0 Å². The summed E-state index contributed by atoms with van der Waals surface area (Å²) in [6.07, 6.45) is -4.40. The molecule has 1 nitrogen and oxygen atoms in total. The maximum absolute atomic E-state index is 12.4. The molecule has 0 radical (unpaired) electrons. The van der Waals surface area contributed by atoms with Gasteiger partial charge in [0.1, 0.15) is 0 Å². The van der Waals surface area contributed by atoms with Crippen molar-refractivity contribution in [1.29, 1.82) is 0 Å². The summed E-state index contributed by atoms with van der Waals surface area (Å²) in [6, 6.07) is 3.79. The minimum Gasteiger partial charge on any atom is -0.312 e. The Hall–Kier alpha value is -1.02. The van der Waals surface area contributed by atoms with Crippen LogP contribution in [0.4, 0.5) is 13.2 Å². The molecule has 14 heavy (non-hydrogen) atoms. The second-order valence-electron chi connectivity index (χ2n) is 2.62. The fourth-order valence-electron chi connectivity index (χ4n) is 1.04. The van der Waals surface area contributed by atoms with E-state index in [4.69, 9.17) is 6.57 Å². The number of alkyl halides is 3. The van der Waals surface area contributed by atoms with E-state index in [-0.39, 0.29) is 12.1 Å². The first-order valence-corrected chi connectivity index (χ1v) is 4.43. The van der Waals surface area contributed by atoms with Crippen LogP contribution in [0.5, 0.6) is 0 Å². The molecule has 0 fully saturated rings. The van der Waals surface area contributed by atoms with Gasteiger partial charge in [0.15, 0.2) is 0 Å². The molecule has 0 aliphatic rings. The van der Waals surface area contributed by atoms with Gasteiger partial charge in [-0.05, 0) is 18.2 Å². The number of rotatable bonds is 1. The van der Waals surface area contributed by atoms with Crippen LogP contribution in [0.2, 0.25) is 0 Å². The summed E-state index contributed by atoms with van der Waals surface area (Å²) < 4.78 is 37.6. The minimum absolute atomic E-state index is 0.00991. The zero-order chi connectivity index (χ0) is 10.8. The quantitative estimate of drug-likeness (QED) is 0.678. The highest BCUT2D eigenvalue weighted by Gasteiger charge is 2.34. The highest BCUT2D eigenvalue weighted by molar-refractivity contribution is 9.10. The fraction of sp³-hybridized carbons (Fsp3) is 0.222. The van der Waals surface area contributed by atoms with Gasteiger partial charge < -0.3 is 4.85 Å². The molecule has 1 rings (SSSR count). The fourth-order valence-corrected chi connectivity index (χ4v) is 1.40. The molecule has 0 saturated heterocycles. The first-order valence-electron chi connectivity index (χ1n) is 3.64. The maximum Gasteiger partial charge on any atom is 0.416 e. The van der Waals surface area contributed by atoms with Gasteiger partial charge in [0.2, 0.25) is 6.54 Å². The molecule has 0 N–H and O–H groups in total. The van der Waals surface area contributed by atoms with Crippen molar-refractivity contribution in [3.8, 4) is 0 Å². The lowest BCUT2D eigenvalue weighted by molar-refractivity contribution is -0.138. The Morgan fingerprint density at radius 2 is 2.00 bits per heavy atom. The van der Waals surface area contributed by atoms with Crippen molar-refractivity contribution in [2.24, 2.45) is 0 Å². The molecule has 0 aromatic heterocycles. The SMILES string of the molecule is [C-]#[N+]Cc1ccc(Br)cc1C(F)(F)F. The average Bonchev–Trinajstić information content (AvgIpc) is 2.07. The Balaban J connectivity index is 3.24. The summed E-state index contributed by atoms with van der Waals surface area (Å²) in [5.41, 5.74) is -0.737. The van der Waals surface area contributed by atoms with Crippen LogP contribution in [0.3, 0.4) is 0 Å². The molecule has 5 heteroatoms. The average molecular weight is 264 g/mol. The lowest BCUT2D eigenvalue weighted by Gasteiger charge is -2.09. The second-order valence-corrected chi connectivity index (χ2v) is 3.53. The molecule has 0 atom stereocenters. The van der Waals surface area contributed by atoms with Crippen molar-refractivity contribution >= 4 is 15.9 Å². The van der Waals surface area contributed by atoms with Crippen LogP contribution in [-0.2, 0) is 12.7 Å². The number of halogens is 4. The number of benzene rings is 1. The van der Waals surface area contributed by atoms with Crippen molar-refractivity contribution < 1.29 is 13.2 Å². The van der Waals surface area contributed by atoms with E-state index < -0.39 is 11.7 Å². The van der Waals surface area contributed by atoms with Crippen LogP contribution in [0, 0.1) is 6.57 Å². The predicted octanol–water partition coefficient (Wildman–Crippen LogP) is 3.89. The number of hydrogen-bond acceptors (Lipinski definition) is 0. The molecule has 1 aromatic carbocycles. The van der Waals surface area contributed by atoms with E-state index in [0.717, 1.165) is 6.07 Å². The summed E-state index contributed by atoms with van der Waals surface area (Å²) in [5, 5.41) is 0. The third-order valence-electron chi connectivity index (χ3n) is 1.63. The Kier molecular flexibility index (Phi) is 3.17. The van der Waals surface area contributed by atoms with Gasteiger partial charge in [-0.3, -0.25) is 0 Å². The van der Waals surface area contributed by atoms with Crippen molar-refractivity contribution in [3.05, 3.63) is 45.2 Å². The summed E-state index contributed by atoms with van der Waals surface area (Å²) in [4.78, 5) is 2.94. The predicted molar refractivity (Wildman–Crippen MR) is 49.5 cm³/mol. The third-order valence-corrected chi connectivity index (χ3v) is 2.12. The Labute approximate surface area is 87.5 Å². The molecular formula is C9H5BrF3N. The van der Waals surface area contributed by atoms with Gasteiger partial charge in [0, 0.05) is 10.0 Å². The van der Waals surface area contributed by atoms with Gasteiger partial charge in [-0.2, -0.15) is 13.2 Å². The van der Waals surface area contributed by atoms with Crippen molar-refractivity contribution in [3.63, 3.8) is 0 Å². The summed E-state index contributed by atoms with van der Waals surface area (Å²) >= 11 is 2.96. The Morgan fingerprint density at radius 1 is 1.36 bits per heavy atom. The lowest BCUT2D eigenvalue weighted by Crippen LogP contribution is -2.08. The zero-order valence-electron chi connectivity index (χ0n) is 6.90. The van der Waals surface area contributed by atoms with Gasteiger partial charge in [-0.1, -0.05) is 15.9 Å². The van der Waals surface area contributed by atoms with Crippen LogP contribution in [-0.4, -0.2) is 0 Å². The number of hydrogen-bond donors (Lipinski definition) is 0. The molecule has 0 heterocycles. The maximum atomic E-state index is 12.4. The largest absolute Gasteiger partial charge is 0.416 e. The molecule has 74 valence electrons. The lowest BCUT2D eigenvalue weighted by atomic mass is 10.1. The highest BCUT2D eigenvalue weighted by atomic mass is 79.9. The van der Waals surface area contributed by atoms with Crippen molar-refractivity contribution in [1.82, 2.24) is 0 Å². The van der Waals surface area contributed by atoms with Gasteiger partial charge >= 0.3 is 6.18 Å².